The topological polar surface area (TPSA) is 33.7 Å². The second-order valence-electron chi connectivity index (χ2n) is 4.85. The number of piperidine rings is 1. The summed E-state index contributed by atoms with van der Waals surface area (Å²) in [7, 11) is 3.59. The third kappa shape index (κ3) is 5.34. The van der Waals surface area contributed by atoms with E-state index in [1.54, 1.807) is 14.2 Å². The molecule has 1 unspecified atom stereocenters. The first-order chi connectivity index (χ1) is 8.31. The first-order valence-electron chi connectivity index (χ1n) is 6.74. The van der Waals surface area contributed by atoms with Crippen LogP contribution in [-0.4, -0.2) is 64.6 Å². The lowest BCUT2D eigenvalue weighted by Gasteiger charge is -2.37. The van der Waals surface area contributed by atoms with E-state index in [2.05, 4.69) is 17.1 Å². The molecule has 0 amide bonds. The zero-order valence-corrected chi connectivity index (χ0v) is 11.6. The maximum absolute atomic E-state index is 5.32. The first kappa shape index (κ1) is 14.9. The Kier molecular flexibility index (Phi) is 7.77. The number of nitrogens with one attached hydrogen (secondary N) is 1. The summed E-state index contributed by atoms with van der Waals surface area (Å²) < 4.78 is 10.6. The number of likely N-dealkylation sites (tertiary alicyclic amines) is 1. The minimum Gasteiger partial charge on any atom is -0.384 e. The molecular weight excluding hydrogens is 216 g/mol. The van der Waals surface area contributed by atoms with Crippen molar-refractivity contribution < 1.29 is 9.47 Å². The van der Waals surface area contributed by atoms with E-state index in [1.165, 1.54) is 25.9 Å². The van der Waals surface area contributed by atoms with Gasteiger partial charge in [0.05, 0.1) is 6.61 Å². The van der Waals surface area contributed by atoms with E-state index in [0.717, 1.165) is 32.2 Å². The van der Waals surface area contributed by atoms with Crippen molar-refractivity contribution in [3.05, 3.63) is 0 Å². The number of hydrogen-bond acceptors (Lipinski definition) is 4. The molecule has 1 aliphatic heterocycles. The number of nitrogens with zero attached hydrogens (tertiary/aromatic N) is 1. The molecule has 17 heavy (non-hydrogen) atoms. The van der Waals surface area contributed by atoms with Gasteiger partial charge >= 0.3 is 0 Å². The normalized spacial score (nSPS) is 20.6. The van der Waals surface area contributed by atoms with E-state index < -0.39 is 0 Å². The molecule has 1 fully saturated rings. The van der Waals surface area contributed by atoms with Crippen LogP contribution in [0.15, 0.2) is 0 Å². The molecule has 1 rings (SSSR count). The van der Waals surface area contributed by atoms with Gasteiger partial charge in [-0.2, -0.15) is 0 Å². The standard InChI is InChI=1S/C13H28N2O2/c1-4-14-9-13(11-17-3)15-7-5-12(6-8-15)10-16-2/h12-14H,4-11H2,1-3H3. The molecule has 0 radical (unpaired) electrons. The van der Waals surface area contributed by atoms with Crippen molar-refractivity contribution in [3.8, 4) is 0 Å². The lowest BCUT2D eigenvalue weighted by atomic mass is 9.96. The van der Waals surface area contributed by atoms with Gasteiger partial charge in [-0.1, -0.05) is 6.92 Å². The monoisotopic (exact) mass is 244 g/mol. The van der Waals surface area contributed by atoms with Crippen LogP contribution in [0.4, 0.5) is 0 Å². The Balaban J connectivity index is 2.31. The summed E-state index contributed by atoms with van der Waals surface area (Å²) in [4.78, 5) is 2.55. The van der Waals surface area contributed by atoms with Crippen LogP contribution in [-0.2, 0) is 9.47 Å². The van der Waals surface area contributed by atoms with Crippen LogP contribution in [0.3, 0.4) is 0 Å². The third-order valence-corrected chi connectivity index (χ3v) is 3.56. The van der Waals surface area contributed by atoms with Crippen LogP contribution >= 0.6 is 0 Å². The molecular formula is C13H28N2O2. The van der Waals surface area contributed by atoms with E-state index >= 15 is 0 Å². The Hall–Kier alpha value is -0.160. The van der Waals surface area contributed by atoms with Crippen molar-refractivity contribution in [3.63, 3.8) is 0 Å². The minimum absolute atomic E-state index is 0.517. The molecule has 0 aromatic rings. The van der Waals surface area contributed by atoms with Gasteiger partial charge in [0.1, 0.15) is 0 Å². The van der Waals surface area contributed by atoms with Crippen LogP contribution in [0.1, 0.15) is 19.8 Å². The number of methoxy groups -OCH3 is 2. The molecule has 1 saturated heterocycles. The summed E-state index contributed by atoms with van der Waals surface area (Å²) in [6.07, 6.45) is 2.50. The molecule has 0 bridgehead atoms. The van der Waals surface area contributed by atoms with Gasteiger partial charge in [-0.25, -0.2) is 0 Å². The quantitative estimate of drug-likeness (QED) is 0.690. The van der Waals surface area contributed by atoms with Crippen molar-refractivity contribution in [2.24, 2.45) is 5.92 Å². The number of likely N-dealkylation sites (N-methyl/N-ethyl adjacent to an activating group) is 1. The SMILES string of the molecule is CCNCC(COC)N1CCC(COC)CC1. The van der Waals surface area contributed by atoms with Gasteiger partial charge in [0.25, 0.3) is 0 Å². The van der Waals surface area contributed by atoms with Gasteiger partial charge in [-0.3, -0.25) is 4.90 Å². The Labute approximate surface area is 106 Å². The summed E-state index contributed by atoms with van der Waals surface area (Å²) in [6, 6.07) is 0.517. The molecule has 1 aliphatic rings. The summed E-state index contributed by atoms with van der Waals surface area (Å²) in [5.41, 5.74) is 0. The fourth-order valence-corrected chi connectivity index (χ4v) is 2.52. The highest BCUT2D eigenvalue weighted by molar-refractivity contribution is 4.79. The Bertz CT molecular complexity index is 182. The van der Waals surface area contributed by atoms with Crippen molar-refractivity contribution in [1.82, 2.24) is 10.2 Å². The van der Waals surface area contributed by atoms with Crippen molar-refractivity contribution in [2.75, 3.05) is 53.6 Å². The lowest BCUT2D eigenvalue weighted by Crippen LogP contribution is -2.48. The maximum Gasteiger partial charge on any atom is 0.0630 e. The van der Waals surface area contributed by atoms with E-state index in [-0.39, 0.29) is 0 Å². The van der Waals surface area contributed by atoms with Crippen molar-refractivity contribution in [1.29, 1.82) is 0 Å². The smallest absolute Gasteiger partial charge is 0.0630 e. The predicted octanol–water partition coefficient (Wildman–Crippen LogP) is 0.969. The highest BCUT2D eigenvalue weighted by Crippen LogP contribution is 2.19. The highest BCUT2D eigenvalue weighted by Gasteiger charge is 2.24. The Morgan fingerprint density at radius 2 is 1.94 bits per heavy atom. The number of rotatable bonds is 8. The summed E-state index contributed by atoms with van der Waals surface area (Å²) in [5.74, 6) is 0.749. The lowest BCUT2D eigenvalue weighted by molar-refractivity contribution is 0.0463. The Morgan fingerprint density at radius 3 is 2.47 bits per heavy atom. The van der Waals surface area contributed by atoms with E-state index in [0.29, 0.717) is 6.04 Å². The Morgan fingerprint density at radius 1 is 1.24 bits per heavy atom. The summed E-state index contributed by atoms with van der Waals surface area (Å²) >= 11 is 0. The van der Waals surface area contributed by atoms with E-state index in [4.69, 9.17) is 9.47 Å². The van der Waals surface area contributed by atoms with E-state index in [9.17, 15) is 0 Å². The van der Waals surface area contributed by atoms with E-state index in [1.807, 2.05) is 0 Å². The average molecular weight is 244 g/mol. The van der Waals surface area contributed by atoms with Crippen molar-refractivity contribution in [2.45, 2.75) is 25.8 Å². The van der Waals surface area contributed by atoms with Gasteiger partial charge in [0.2, 0.25) is 0 Å². The van der Waals surface area contributed by atoms with Crippen LogP contribution in [0.2, 0.25) is 0 Å². The average Bonchev–Trinajstić information content (AvgIpc) is 2.36. The maximum atomic E-state index is 5.32. The molecule has 0 aromatic carbocycles. The fourth-order valence-electron chi connectivity index (χ4n) is 2.52. The first-order valence-corrected chi connectivity index (χ1v) is 6.74. The summed E-state index contributed by atoms with van der Waals surface area (Å²) in [6.45, 7) is 8.28. The number of ether oxygens (including phenoxy) is 2. The third-order valence-electron chi connectivity index (χ3n) is 3.56. The molecule has 0 aromatic heterocycles. The van der Waals surface area contributed by atoms with Gasteiger partial charge in [-0.15, -0.1) is 0 Å². The summed E-state index contributed by atoms with van der Waals surface area (Å²) in [5, 5.41) is 3.42. The predicted molar refractivity (Wildman–Crippen MR) is 70.4 cm³/mol. The largest absolute Gasteiger partial charge is 0.384 e. The molecule has 102 valence electrons. The van der Waals surface area contributed by atoms with Gasteiger partial charge in [-0.05, 0) is 38.4 Å². The molecule has 1 N–H and O–H groups in total. The van der Waals surface area contributed by atoms with Crippen LogP contribution < -0.4 is 5.32 Å². The molecule has 1 heterocycles. The fraction of sp³-hybridized carbons (Fsp3) is 1.00. The molecule has 0 saturated carbocycles. The van der Waals surface area contributed by atoms with Crippen molar-refractivity contribution >= 4 is 0 Å². The minimum atomic E-state index is 0.517. The second-order valence-corrected chi connectivity index (χ2v) is 4.85. The second kappa shape index (κ2) is 8.86. The van der Waals surface area contributed by atoms with Crippen LogP contribution in [0.25, 0.3) is 0 Å². The van der Waals surface area contributed by atoms with Crippen LogP contribution in [0, 0.1) is 5.92 Å². The zero-order valence-electron chi connectivity index (χ0n) is 11.6. The molecule has 4 nitrogen and oxygen atoms in total. The zero-order chi connectivity index (χ0) is 12.5. The van der Waals surface area contributed by atoms with Gasteiger partial charge in [0, 0.05) is 33.4 Å². The molecule has 4 heteroatoms. The number of hydrogen-bond donors (Lipinski definition) is 1. The highest BCUT2D eigenvalue weighted by atomic mass is 16.5. The van der Waals surface area contributed by atoms with Gasteiger partial charge < -0.3 is 14.8 Å². The molecule has 0 spiro atoms. The molecule has 0 aliphatic carbocycles. The van der Waals surface area contributed by atoms with Gasteiger partial charge in [0.15, 0.2) is 0 Å². The molecule has 1 atom stereocenters. The van der Waals surface area contributed by atoms with Crippen LogP contribution in [0.5, 0.6) is 0 Å².